The Morgan fingerprint density at radius 3 is 2.41 bits per heavy atom. The molecule has 0 saturated carbocycles. The first-order chi connectivity index (χ1) is 8.10. The summed E-state index contributed by atoms with van der Waals surface area (Å²) < 4.78 is 26.0. The van der Waals surface area contributed by atoms with Crippen LogP contribution in [0.15, 0.2) is 18.2 Å². The average Bonchev–Trinajstić information content (AvgIpc) is 2.33. The van der Waals surface area contributed by atoms with Gasteiger partial charge >= 0.3 is 0 Å². The molecule has 0 fully saturated rings. The third kappa shape index (κ3) is 3.95. The lowest BCUT2D eigenvalue weighted by Gasteiger charge is -2.21. The van der Waals surface area contributed by atoms with E-state index in [4.69, 9.17) is 11.6 Å². The molecule has 0 amide bonds. The molecule has 0 spiro atoms. The van der Waals surface area contributed by atoms with Crippen LogP contribution in [-0.2, 0) is 0 Å². The van der Waals surface area contributed by atoms with Crippen molar-refractivity contribution in [3.63, 3.8) is 0 Å². The van der Waals surface area contributed by atoms with Gasteiger partial charge in [0.1, 0.15) is 0 Å². The molecule has 0 radical (unpaired) electrons. The molecular formula is C14H19ClF2. The minimum absolute atomic E-state index is 0.235. The number of benzene rings is 1. The van der Waals surface area contributed by atoms with Crippen molar-refractivity contribution in [3.8, 4) is 0 Å². The minimum Gasteiger partial charge on any atom is -0.204 e. The molecule has 0 bridgehead atoms. The van der Waals surface area contributed by atoms with E-state index >= 15 is 0 Å². The third-order valence-corrected chi connectivity index (χ3v) is 3.74. The number of alkyl halides is 1. The Hall–Kier alpha value is -0.630. The Bertz CT molecular complexity index is 352. The highest BCUT2D eigenvalue weighted by atomic mass is 35.5. The van der Waals surface area contributed by atoms with Crippen molar-refractivity contribution in [1.82, 2.24) is 0 Å². The second kappa shape index (κ2) is 6.95. The van der Waals surface area contributed by atoms with Crippen LogP contribution < -0.4 is 0 Å². The van der Waals surface area contributed by atoms with Crippen molar-refractivity contribution in [2.24, 2.45) is 5.92 Å². The minimum atomic E-state index is -0.821. The fraction of sp³-hybridized carbons (Fsp3) is 0.571. The normalized spacial score (nSPS) is 14.6. The van der Waals surface area contributed by atoms with E-state index in [1.54, 1.807) is 6.07 Å². The van der Waals surface area contributed by atoms with Crippen molar-refractivity contribution in [2.75, 3.05) is 0 Å². The molecule has 1 aromatic carbocycles. The summed E-state index contributed by atoms with van der Waals surface area (Å²) >= 11 is 6.34. The molecule has 3 heteroatoms. The first-order valence-corrected chi connectivity index (χ1v) is 6.62. The molecular weight excluding hydrogens is 242 g/mol. The molecule has 96 valence electrons. The molecule has 0 aliphatic heterocycles. The van der Waals surface area contributed by atoms with Crippen molar-refractivity contribution in [3.05, 3.63) is 35.4 Å². The van der Waals surface area contributed by atoms with Gasteiger partial charge in [-0.25, -0.2) is 8.78 Å². The number of unbranched alkanes of at least 4 members (excludes halogenated alkanes) is 1. The quantitative estimate of drug-likeness (QED) is 0.596. The summed E-state index contributed by atoms with van der Waals surface area (Å²) in [4.78, 5) is 0. The lowest BCUT2D eigenvalue weighted by molar-refractivity contribution is 0.434. The van der Waals surface area contributed by atoms with Crippen LogP contribution >= 0.6 is 11.6 Å². The smallest absolute Gasteiger partial charge is 0.159 e. The highest BCUT2D eigenvalue weighted by Gasteiger charge is 2.20. The summed E-state index contributed by atoms with van der Waals surface area (Å²) in [6.45, 7) is 4.21. The van der Waals surface area contributed by atoms with Gasteiger partial charge in [-0.05, 0) is 30.0 Å². The number of hydrogen-bond acceptors (Lipinski definition) is 0. The first kappa shape index (κ1) is 14.4. The zero-order chi connectivity index (χ0) is 12.8. The molecule has 2 atom stereocenters. The molecule has 17 heavy (non-hydrogen) atoms. The SMILES string of the molecule is CCCCC(CC)C(Cl)c1ccc(F)c(F)c1. The summed E-state index contributed by atoms with van der Waals surface area (Å²) in [6, 6.07) is 3.93. The Kier molecular flexibility index (Phi) is 5.90. The third-order valence-electron chi connectivity index (χ3n) is 3.13. The summed E-state index contributed by atoms with van der Waals surface area (Å²) in [5, 5.41) is -0.235. The van der Waals surface area contributed by atoms with Crippen LogP contribution in [-0.4, -0.2) is 0 Å². The standard InChI is InChI=1S/C14H19ClF2/c1-3-5-6-10(4-2)14(15)11-7-8-12(16)13(17)9-11/h7-10,14H,3-6H2,1-2H3. The van der Waals surface area contributed by atoms with Crippen molar-refractivity contribution >= 4 is 11.6 Å². The Balaban J connectivity index is 2.78. The molecule has 1 aromatic rings. The van der Waals surface area contributed by atoms with Crippen LogP contribution in [0.3, 0.4) is 0 Å². The summed E-state index contributed by atoms with van der Waals surface area (Å²) in [5.74, 6) is -1.32. The topological polar surface area (TPSA) is 0 Å². The molecule has 0 N–H and O–H groups in total. The summed E-state index contributed by atoms with van der Waals surface area (Å²) in [5.41, 5.74) is 0.675. The molecule has 2 unspecified atom stereocenters. The van der Waals surface area contributed by atoms with E-state index in [2.05, 4.69) is 13.8 Å². The Morgan fingerprint density at radius 1 is 1.18 bits per heavy atom. The van der Waals surface area contributed by atoms with Gasteiger partial charge in [-0.3, -0.25) is 0 Å². The molecule has 0 saturated heterocycles. The zero-order valence-corrected chi connectivity index (χ0v) is 11.1. The number of rotatable bonds is 6. The van der Waals surface area contributed by atoms with Gasteiger partial charge in [-0.2, -0.15) is 0 Å². The molecule has 1 rings (SSSR count). The van der Waals surface area contributed by atoms with Crippen LogP contribution in [0, 0.1) is 17.6 Å². The highest BCUT2D eigenvalue weighted by molar-refractivity contribution is 6.21. The average molecular weight is 261 g/mol. The van der Waals surface area contributed by atoms with Gasteiger partial charge in [0.15, 0.2) is 11.6 Å². The van der Waals surface area contributed by atoms with Crippen LogP contribution in [0.2, 0.25) is 0 Å². The maximum atomic E-state index is 13.1. The van der Waals surface area contributed by atoms with Crippen LogP contribution in [0.25, 0.3) is 0 Å². The second-order valence-corrected chi connectivity index (χ2v) is 4.86. The van der Waals surface area contributed by atoms with E-state index in [0.29, 0.717) is 11.5 Å². The molecule has 0 aliphatic rings. The Morgan fingerprint density at radius 2 is 1.88 bits per heavy atom. The summed E-state index contributed by atoms with van der Waals surface area (Å²) in [7, 11) is 0. The maximum absolute atomic E-state index is 13.1. The van der Waals surface area contributed by atoms with E-state index in [1.165, 1.54) is 6.07 Å². The van der Waals surface area contributed by atoms with Crippen LogP contribution in [0.4, 0.5) is 8.78 Å². The van der Waals surface area contributed by atoms with Gasteiger partial charge in [0.25, 0.3) is 0 Å². The predicted octanol–water partition coefficient (Wildman–Crippen LogP) is 5.46. The second-order valence-electron chi connectivity index (χ2n) is 4.39. The summed E-state index contributed by atoms with van der Waals surface area (Å²) in [6.07, 6.45) is 4.22. The van der Waals surface area contributed by atoms with E-state index < -0.39 is 11.6 Å². The van der Waals surface area contributed by atoms with E-state index in [0.717, 1.165) is 31.7 Å². The van der Waals surface area contributed by atoms with Crippen molar-refractivity contribution in [2.45, 2.75) is 44.9 Å². The van der Waals surface area contributed by atoms with Crippen LogP contribution in [0.1, 0.15) is 50.5 Å². The van der Waals surface area contributed by atoms with Gasteiger partial charge in [0.2, 0.25) is 0 Å². The first-order valence-electron chi connectivity index (χ1n) is 6.19. The zero-order valence-electron chi connectivity index (χ0n) is 10.3. The van der Waals surface area contributed by atoms with E-state index in [9.17, 15) is 8.78 Å². The van der Waals surface area contributed by atoms with Crippen LogP contribution in [0.5, 0.6) is 0 Å². The lowest BCUT2D eigenvalue weighted by atomic mass is 9.91. The molecule has 0 heterocycles. The highest BCUT2D eigenvalue weighted by Crippen LogP contribution is 2.34. The molecule has 0 aliphatic carbocycles. The van der Waals surface area contributed by atoms with Gasteiger partial charge in [0.05, 0.1) is 5.38 Å². The maximum Gasteiger partial charge on any atom is 0.159 e. The van der Waals surface area contributed by atoms with Gasteiger partial charge < -0.3 is 0 Å². The fourth-order valence-corrected chi connectivity index (χ4v) is 2.42. The monoisotopic (exact) mass is 260 g/mol. The molecule has 0 aromatic heterocycles. The van der Waals surface area contributed by atoms with Crippen molar-refractivity contribution < 1.29 is 8.78 Å². The van der Waals surface area contributed by atoms with Gasteiger partial charge in [-0.1, -0.05) is 39.2 Å². The predicted molar refractivity (Wildman–Crippen MR) is 68.3 cm³/mol. The number of halogens is 3. The van der Waals surface area contributed by atoms with E-state index in [1.807, 2.05) is 0 Å². The van der Waals surface area contributed by atoms with Gasteiger partial charge in [-0.15, -0.1) is 11.6 Å². The molecule has 0 nitrogen and oxygen atoms in total. The van der Waals surface area contributed by atoms with Gasteiger partial charge in [0, 0.05) is 0 Å². The number of hydrogen-bond donors (Lipinski definition) is 0. The Labute approximate surface area is 107 Å². The fourth-order valence-electron chi connectivity index (χ4n) is 1.98. The lowest BCUT2D eigenvalue weighted by Crippen LogP contribution is -2.08. The van der Waals surface area contributed by atoms with Crippen molar-refractivity contribution in [1.29, 1.82) is 0 Å². The largest absolute Gasteiger partial charge is 0.204 e. The van der Waals surface area contributed by atoms with E-state index in [-0.39, 0.29) is 5.38 Å².